The number of ketones is 1. The van der Waals surface area contributed by atoms with E-state index in [1.54, 1.807) is 0 Å². The third kappa shape index (κ3) is 3.15. The Hall–Kier alpha value is -2.26. The first-order valence-electron chi connectivity index (χ1n) is 4.67. The van der Waals surface area contributed by atoms with Crippen LogP contribution in [0.3, 0.4) is 0 Å². The van der Waals surface area contributed by atoms with E-state index in [4.69, 9.17) is 10.6 Å². The first kappa shape index (κ1) is 11.8. The number of Topliss-reactive ketones (excluding diaryl/α,β-unsaturated/α-hetero) is 1. The highest BCUT2D eigenvalue weighted by molar-refractivity contribution is 6.61. The molecule has 5 heteroatoms. The van der Waals surface area contributed by atoms with E-state index in [1.165, 1.54) is 0 Å². The summed E-state index contributed by atoms with van der Waals surface area (Å²) in [5.41, 5.74) is 8.46. The molecule has 1 aromatic rings. The average molecular weight is 218 g/mol. The monoisotopic (exact) mass is 218 g/mol. The summed E-state index contributed by atoms with van der Waals surface area (Å²) in [5.74, 6) is -2.19. The number of carbonyl (C=O) groups is 2. The number of carbonyl (C=O) groups excluding carboxylic acids is 1. The molecule has 0 aliphatic heterocycles. The smallest absolute Gasteiger partial charge is 0.441 e. The number of rotatable bonds is 5. The van der Waals surface area contributed by atoms with E-state index in [0.29, 0.717) is 6.42 Å². The van der Waals surface area contributed by atoms with Gasteiger partial charge >= 0.3 is 11.7 Å². The molecule has 0 spiro atoms. The van der Waals surface area contributed by atoms with Crippen LogP contribution in [-0.2, 0) is 16.0 Å². The van der Waals surface area contributed by atoms with Crippen LogP contribution in [0.5, 0.6) is 0 Å². The fraction of sp³-hybridized carbons (Fsp3) is 0.182. The summed E-state index contributed by atoms with van der Waals surface area (Å²) >= 11 is 0. The highest BCUT2D eigenvalue weighted by Gasteiger charge is 2.27. The molecule has 1 N–H and O–H groups in total. The molecule has 0 radical (unpaired) electrons. The van der Waals surface area contributed by atoms with E-state index >= 15 is 0 Å². The quantitative estimate of drug-likeness (QED) is 0.345. The minimum atomic E-state index is -1.51. The van der Waals surface area contributed by atoms with Crippen LogP contribution in [0.4, 0.5) is 0 Å². The molecule has 0 amide bonds. The zero-order valence-corrected chi connectivity index (χ0v) is 8.46. The zero-order valence-electron chi connectivity index (χ0n) is 8.46. The molecule has 0 aromatic heterocycles. The molecule has 5 nitrogen and oxygen atoms in total. The SMILES string of the molecule is [N-]=[N+]=C(C(=O)O)C(=O)CCc1ccccc1. The largest absolute Gasteiger partial charge is 0.472 e. The molecule has 16 heavy (non-hydrogen) atoms. The fourth-order valence-electron chi connectivity index (χ4n) is 1.24. The van der Waals surface area contributed by atoms with Crippen molar-refractivity contribution < 1.29 is 19.5 Å². The minimum absolute atomic E-state index is 0.00963. The van der Waals surface area contributed by atoms with Gasteiger partial charge in [-0.2, -0.15) is 4.79 Å². The van der Waals surface area contributed by atoms with Gasteiger partial charge in [-0.1, -0.05) is 30.3 Å². The predicted octanol–water partition coefficient (Wildman–Crippen LogP) is 0.944. The van der Waals surface area contributed by atoms with Crippen molar-refractivity contribution in [2.45, 2.75) is 12.8 Å². The molecule has 0 aliphatic carbocycles. The van der Waals surface area contributed by atoms with Crippen molar-refractivity contribution in [3.63, 3.8) is 0 Å². The van der Waals surface area contributed by atoms with Gasteiger partial charge in [0.1, 0.15) is 0 Å². The lowest BCUT2D eigenvalue weighted by Gasteiger charge is -1.96. The van der Waals surface area contributed by atoms with Gasteiger partial charge in [-0.25, -0.2) is 4.79 Å². The second-order valence-corrected chi connectivity index (χ2v) is 3.16. The van der Waals surface area contributed by atoms with E-state index < -0.39 is 17.5 Å². The summed E-state index contributed by atoms with van der Waals surface area (Å²) in [4.78, 5) is 24.3. The highest BCUT2D eigenvalue weighted by atomic mass is 16.4. The molecule has 1 aromatic carbocycles. The van der Waals surface area contributed by atoms with Crippen LogP contribution in [-0.4, -0.2) is 27.4 Å². The Balaban J connectivity index is 2.60. The van der Waals surface area contributed by atoms with Crippen molar-refractivity contribution in [1.82, 2.24) is 0 Å². The summed E-state index contributed by atoms with van der Waals surface area (Å²) in [7, 11) is 0. The first-order chi connectivity index (χ1) is 7.65. The topological polar surface area (TPSA) is 90.8 Å². The Kier molecular flexibility index (Phi) is 4.12. The maximum absolute atomic E-state index is 11.3. The molecular weight excluding hydrogens is 208 g/mol. The highest BCUT2D eigenvalue weighted by Crippen LogP contribution is 2.03. The van der Waals surface area contributed by atoms with E-state index in [-0.39, 0.29) is 6.42 Å². The summed E-state index contributed by atoms with van der Waals surface area (Å²) in [5, 5.41) is 8.53. The number of hydrogen-bond donors (Lipinski definition) is 1. The van der Waals surface area contributed by atoms with Gasteiger partial charge < -0.3 is 10.6 Å². The molecule has 0 atom stereocenters. The summed E-state index contributed by atoms with van der Waals surface area (Å²) in [6, 6.07) is 9.19. The molecule has 1 rings (SSSR count). The minimum Gasteiger partial charge on any atom is -0.472 e. The number of aryl methyl sites for hydroxylation is 1. The molecule has 0 fully saturated rings. The number of carboxylic acid groups (broad SMARTS) is 1. The van der Waals surface area contributed by atoms with Crippen LogP contribution in [0, 0.1) is 0 Å². The van der Waals surface area contributed by atoms with Crippen LogP contribution in [0.25, 0.3) is 5.53 Å². The van der Waals surface area contributed by atoms with Gasteiger partial charge in [0.2, 0.25) is 0 Å². The van der Waals surface area contributed by atoms with Gasteiger partial charge in [-0.3, -0.25) is 4.79 Å². The van der Waals surface area contributed by atoms with Crippen LogP contribution in [0.1, 0.15) is 12.0 Å². The van der Waals surface area contributed by atoms with Gasteiger partial charge in [0, 0.05) is 6.42 Å². The second-order valence-electron chi connectivity index (χ2n) is 3.16. The molecule has 0 heterocycles. The van der Waals surface area contributed by atoms with Gasteiger partial charge in [0.15, 0.2) is 0 Å². The normalized spacial score (nSPS) is 9.25. The van der Waals surface area contributed by atoms with Gasteiger partial charge in [-0.05, 0) is 12.0 Å². The zero-order chi connectivity index (χ0) is 12.0. The van der Waals surface area contributed by atoms with Crippen molar-refractivity contribution in [3.8, 4) is 0 Å². The maximum atomic E-state index is 11.3. The van der Waals surface area contributed by atoms with E-state index in [1.807, 2.05) is 30.3 Å². The molecular formula is C11H10N2O3. The van der Waals surface area contributed by atoms with E-state index in [0.717, 1.165) is 5.56 Å². The first-order valence-corrected chi connectivity index (χ1v) is 4.67. The molecule has 82 valence electrons. The Morgan fingerprint density at radius 3 is 2.38 bits per heavy atom. The van der Waals surface area contributed by atoms with Crippen molar-refractivity contribution in [2.75, 3.05) is 0 Å². The second kappa shape index (κ2) is 5.58. The summed E-state index contributed by atoms with van der Waals surface area (Å²) in [6.45, 7) is 0. The van der Waals surface area contributed by atoms with Crippen LogP contribution in [0.15, 0.2) is 30.3 Å². The third-order valence-electron chi connectivity index (χ3n) is 2.05. The van der Waals surface area contributed by atoms with Crippen molar-refractivity contribution >= 4 is 17.5 Å². The lowest BCUT2D eigenvalue weighted by atomic mass is 10.1. The van der Waals surface area contributed by atoms with E-state index in [2.05, 4.69) is 4.79 Å². The Morgan fingerprint density at radius 1 is 1.25 bits per heavy atom. The molecule has 0 saturated carbocycles. The third-order valence-corrected chi connectivity index (χ3v) is 2.05. The average Bonchev–Trinajstić information content (AvgIpc) is 2.28. The number of hydrogen-bond acceptors (Lipinski definition) is 2. The standard InChI is InChI=1S/C11H10N2O3/c12-13-10(11(15)16)9(14)7-6-8-4-2-1-3-5-8/h1-5H,6-7H2,(H,15,16). The van der Waals surface area contributed by atoms with Crippen LogP contribution >= 0.6 is 0 Å². The lowest BCUT2D eigenvalue weighted by Crippen LogP contribution is -2.25. The Labute approximate surface area is 92.0 Å². The van der Waals surface area contributed by atoms with Crippen molar-refractivity contribution in [1.29, 1.82) is 0 Å². The Bertz CT molecular complexity index is 448. The fourth-order valence-corrected chi connectivity index (χ4v) is 1.24. The van der Waals surface area contributed by atoms with Gasteiger partial charge in [-0.15, -0.1) is 0 Å². The maximum Gasteiger partial charge on any atom is 0.441 e. The summed E-state index contributed by atoms with van der Waals surface area (Å²) in [6.07, 6.45) is 0.432. The molecule has 0 unspecified atom stereocenters. The van der Waals surface area contributed by atoms with Crippen LogP contribution in [0.2, 0.25) is 0 Å². The van der Waals surface area contributed by atoms with Crippen molar-refractivity contribution in [2.24, 2.45) is 0 Å². The predicted molar refractivity (Wildman–Crippen MR) is 56.0 cm³/mol. The molecule has 0 saturated heterocycles. The number of aliphatic carboxylic acids is 1. The van der Waals surface area contributed by atoms with E-state index in [9.17, 15) is 9.59 Å². The summed E-state index contributed by atoms with van der Waals surface area (Å²) < 4.78 is 0. The van der Waals surface area contributed by atoms with Gasteiger partial charge in [0.05, 0.1) is 0 Å². The van der Waals surface area contributed by atoms with Crippen molar-refractivity contribution in [3.05, 3.63) is 41.4 Å². The number of nitrogens with zero attached hydrogens (tertiary/aromatic N) is 2. The van der Waals surface area contributed by atoms with Gasteiger partial charge in [0.25, 0.3) is 5.78 Å². The number of carboxylic acids is 1. The Morgan fingerprint density at radius 2 is 1.88 bits per heavy atom. The molecule has 0 aliphatic rings. The molecule has 0 bridgehead atoms. The number of benzene rings is 1. The lowest BCUT2D eigenvalue weighted by molar-refractivity contribution is -0.136. The van der Waals surface area contributed by atoms with Crippen LogP contribution < -0.4 is 0 Å².